The number of nitriles is 1. The molecule has 0 spiro atoms. The lowest BCUT2D eigenvalue weighted by atomic mass is 10.2. The van der Waals surface area contributed by atoms with Gasteiger partial charge in [-0.05, 0) is 12.1 Å². The van der Waals surface area contributed by atoms with E-state index in [4.69, 9.17) is 5.26 Å². The van der Waals surface area contributed by atoms with Crippen molar-refractivity contribution < 1.29 is 5.11 Å². The Morgan fingerprint density at radius 3 is 2.93 bits per heavy atom. The molecule has 2 rings (SSSR count). The van der Waals surface area contributed by atoms with Crippen LogP contribution in [-0.4, -0.2) is 5.11 Å². The van der Waals surface area contributed by atoms with E-state index in [-0.39, 0.29) is 5.75 Å². The van der Waals surface area contributed by atoms with Gasteiger partial charge in [0.05, 0.1) is 12.5 Å². The molecule has 1 aromatic carbocycles. The Balaban J connectivity index is 2.75. The first-order valence-electron chi connectivity index (χ1n) is 4.03. The molecule has 0 atom stereocenters. The van der Waals surface area contributed by atoms with Crippen molar-refractivity contribution in [2.75, 3.05) is 0 Å². The number of rotatable bonds is 1. The van der Waals surface area contributed by atoms with Crippen molar-refractivity contribution in [3.8, 4) is 11.8 Å². The lowest BCUT2D eigenvalue weighted by Crippen LogP contribution is -1.74. The standard InChI is InChI=1S/C10H7NOS2/c11-5-4-8-10(13)9-6(12)2-1-3-7(9)14-8/h1-3,12-13H,4H2. The third kappa shape index (κ3) is 1.35. The minimum Gasteiger partial charge on any atom is -0.507 e. The van der Waals surface area contributed by atoms with Crippen molar-refractivity contribution in [3.05, 3.63) is 23.1 Å². The van der Waals surface area contributed by atoms with Crippen LogP contribution >= 0.6 is 24.0 Å². The number of thiol groups is 1. The highest BCUT2D eigenvalue weighted by Crippen LogP contribution is 2.39. The lowest BCUT2D eigenvalue weighted by Gasteiger charge is -1.94. The molecular weight excluding hydrogens is 214 g/mol. The first kappa shape index (κ1) is 9.38. The summed E-state index contributed by atoms with van der Waals surface area (Å²) in [5, 5.41) is 19.0. The van der Waals surface area contributed by atoms with E-state index in [2.05, 4.69) is 18.7 Å². The zero-order valence-corrected chi connectivity index (χ0v) is 8.90. The number of hydrogen-bond donors (Lipinski definition) is 2. The third-order valence-electron chi connectivity index (χ3n) is 1.98. The van der Waals surface area contributed by atoms with Crippen LogP contribution in [-0.2, 0) is 6.42 Å². The molecular formula is C10H7NOS2. The lowest BCUT2D eigenvalue weighted by molar-refractivity contribution is 0.481. The van der Waals surface area contributed by atoms with Crippen LogP contribution in [0, 0.1) is 11.3 Å². The molecule has 0 bridgehead atoms. The zero-order valence-electron chi connectivity index (χ0n) is 7.19. The molecule has 70 valence electrons. The average Bonchev–Trinajstić information content (AvgIpc) is 2.46. The smallest absolute Gasteiger partial charge is 0.125 e. The minimum atomic E-state index is 0.230. The Hall–Kier alpha value is -1.18. The monoisotopic (exact) mass is 221 g/mol. The first-order chi connectivity index (χ1) is 6.74. The van der Waals surface area contributed by atoms with Gasteiger partial charge in [0.15, 0.2) is 0 Å². The molecule has 0 aliphatic rings. The second-order valence-corrected chi connectivity index (χ2v) is 4.44. The van der Waals surface area contributed by atoms with E-state index in [9.17, 15) is 5.11 Å². The highest BCUT2D eigenvalue weighted by atomic mass is 32.1. The fourth-order valence-electron chi connectivity index (χ4n) is 1.35. The summed E-state index contributed by atoms with van der Waals surface area (Å²) in [5.74, 6) is 0.230. The summed E-state index contributed by atoms with van der Waals surface area (Å²) >= 11 is 5.82. The molecule has 1 N–H and O–H groups in total. The van der Waals surface area contributed by atoms with Gasteiger partial charge in [0, 0.05) is 19.9 Å². The SMILES string of the molecule is N#CCc1sc2cccc(O)c2c1S. The molecule has 4 heteroatoms. The topological polar surface area (TPSA) is 44.0 Å². The van der Waals surface area contributed by atoms with Crippen molar-refractivity contribution in [2.45, 2.75) is 11.3 Å². The largest absolute Gasteiger partial charge is 0.507 e. The maximum Gasteiger partial charge on any atom is 0.125 e. The third-order valence-corrected chi connectivity index (χ3v) is 3.78. The summed E-state index contributed by atoms with van der Waals surface area (Å²) in [6.07, 6.45) is 0.345. The van der Waals surface area contributed by atoms with Gasteiger partial charge in [-0.2, -0.15) is 5.26 Å². The molecule has 0 saturated carbocycles. The number of phenols is 1. The summed E-state index contributed by atoms with van der Waals surface area (Å²) in [5.41, 5.74) is 0. The van der Waals surface area contributed by atoms with Gasteiger partial charge in [-0.1, -0.05) is 6.07 Å². The molecule has 14 heavy (non-hydrogen) atoms. The number of fused-ring (bicyclic) bond motifs is 1. The fourth-order valence-corrected chi connectivity index (χ4v) is 2.94. The quantitative estimate of drug-likeness (QED) is 0.727. The van der Waals surface area contributed by atoms with Crippen molar-refractivity contribution in [1.82, 2.24) is 0 Å². The Morgan fingerprint density at radius 2 is 2.29 bits per heavy atom. The van der Waals surface area contributed by atoms with Gasteiger partial charge in [-0.3, -0.25) is 0 Å². The van der Waals surface area contributed by atoms with Gasteiger partial charge in [0.1, 0.15) is 5.75 Å². The minimum absolute atomic E-state index is 0.230. The van der Waals surface area contributed by atoms with E-state index in [0.717, 1.165) is 19.9 Å². The summed E-state index contributed by atoms with van der Waals surface area (Å²) in [7, 11) is 0. The summed E-state index contributed by atoms with van der Waals surface area (Å²) in [4.78, 5) is 1.64. The van der Waals surface area contributed by atoms with E-state index in [1.54, 1.807) is 12.1 Å². The first-order valence-corrected chi connectivity index (χ1v) is 5.29. The maximum absolute atomic E-state index is 9.61. The molecule has 0 aliphatic carbocycles. The van der Waals surface area contributed by atoms with Gasteiger partial charge in [-0.25, -0.2) is 0 Å². The molecule has 0 radical (unpaired) electrons. The number of benzene rings is 1. The molecule has 0 amide bonds. The summed E-state index contributed by atoms with van der Waals surface area (Å²) < 4.78 is 0.972. The van der Waals surface area contributed by atoms with Crippen LogP contribution in [0.25, 0.3) is 10.1 Å². The zero-order chi connectivity index (χ0) is 10.1. The highest BCUT2D eigenvalue weighted by Gasteiger charge is 2.11. The van der Waals surface area contributed by atoms with Gasteiger partial charge in [0.2, 0.25) is 0 Å². The van der Waals surface area contributed by atoms with Crippen LogP contribution in [0.4, 0.5) is 0 Å². The van der Waals surface area contributed by atoms with Crippen LogP contribution in [0.15, 0.2) is 23.1 Å². The van der Waals surface area contributed by atoms with Crippen molar-refractivity contribution in [2.24, 2.45) is 0 Å². The number of thiophene rings is 1. The Labute approximate surface area is 90.8 Å². The number of phenolic OH excluding ortho intramolecular Hbond substituents is 1. The molecule has 2 nitrogen and oxygen atoms in total. The molecule has 0 fully saturated rings. The molecule has 0 unspecified atom stereocenters. The number of nitrogens with zero attached hydrogens (tertiary/aromatic N) is 1. The van der Waals surface area contributed by atoms with Gasteiger partial charge in [0.25, 0.3) is 0 Å². The summed E-state index contributed by atoms with van der Waals surface area (Å²) in [6, 6.07) is 7.42. The van der Waals surface area contributed by atoms with Gasteiger partial charge < -0.3 is 5.11 Å². The number of aromatic hydroxyl groups is 1. The predicted octanol–water partition coefficient (Wildman–Crippen LogP) is 2.96. The van der Waals surface area contributed by atoms with Crippen molar-refractivity contribution >= 4 is 34.1 Å². The van der Waals surface area contributed by atoms with Crippen molar-refractivity contribution in [3.63, 3.8) is 0 Å². The maximum atomic E-state index is 9.61. The molecule has 0 saturated heterocycles. The van der Waals surface area contributed by atoms with Crippen molar-refractivity contribution in [1.29, 1.82) is 5.26 Å². The fraction of sp³-hybridized carbons (Fsp3) is 0.100. The van der Waals surface area contributed by atoms with E-state index in [0.29, 0.717) is 6.42 Å². The van der Waals surface area contributed by atoms with E-state index in [1.807, 2.05) is 6.07 Å². The number of hydrogen-bond acceptors (Lipinski definition) is 4. The molecule has 1 aromatic heterocycles. The summed E-state index contributed by atoms with van der Waals surface area (Å²) in [6.45, 7) is 0. The van der Waals surface area contributed by atoms with E-state index in [1.165, 1.54) is 11.3 Å². The average molecular weight is 221 g/mol. The normalized spacial score (nSPS) is 10.3. The van der Waals surface area contributed by atoms with Crippen LogP contribution in [0.2, 0.25) is 0 Å². The highest BCUT2D eigenvalue weighted by molar-refractivity contribution is 7.80. The van der Waals surface area contributed by atoms with E-state index < -0.39 is 0 Å². The molecule has 0 aliphatic heterocycles. The predicted molar refractivity (Wildman–Crippen MR) is 60.1 cm³/mol. The molecule has 1 heterocycles. The Kier molecular flexibility index (Phi) is 2.36. The van der Waals surface area contributed by atoms with E-state index >= 15 is 0 Å². The molecule has 2 aromatic rings. The Bertz CT molecular complexity index is 525. The second kappa shape index (κ2) is 3.52. The Morgan fingerprint density at radius 1 is 1.50 bits per heavy atom. The van der Waals surface area contributed by atoms with Crippen LogP contribution < -0.4 is 0 Å². The van der Waals surface area contributed by atoms with Crippen LogP contribution in [0.1, 0.15) is 4.88 Å². The van der Waals surface area contributed by atoms with Crippen LogP contribution in [0.3, 0.4) is 0 Å². The second-order valence-electron chi connectivity index (χ2n) is 2.86. The van der Waals surface area contributed by atoms with Gasteiger partial charge >= 0.3 is 0 Å². The van der Waals surface area contributed by atoms with Crippen LogP contribution in [0.5, 0.6) is 5.75 Å². The van der Waals surface area contributed by atoms with Gasteiger partial charge in [-0.15, -0.1) is 24.0 Å².